The predicted octanol–water partition coefficient (Wildman–Crippen LogP) is 4.76. The lowest BCUT2D eigenvalue weighted by Crippen LogP contribution is -2.12. The van der Waals surface area contributed by atoms with E-state index in [0.717, 1.165) is 22.0 Å². The Bertz CT molecular complexity index is 1130. The Kier molecular flexibility index (Phi) is 3.99. The van der Waals surface area contributed by atoms with E-state index in [1.54, 1.807) is 30.3 Å². The molecular weight excluding hydrogens is 352 g/mol. The molecule has 4 nitrogen and oxygen atoms in total. The van der Waals surface area contributed by atoms with Gasteiger partial charge in [0.05, 0.1) is 10.6 Å². The first-order chi connectivity index (χ1) is 12.1. The largest absolute Gasteiger partial charge is 0.263 e. The maximum absolute atomic E-state index is 12.4. The van der Waals surface area contributed by atoms with E-state index in [2.05, 4.69) is 9.71 Å². The molecule has 4 rings (SSSR count). The molecule has 0 spiro atoms. The van der Waals surface area contributed by atoms with Gasteiger partial charge in [-0.2, -0.15) is 0 Å². The van der Waals surface area contributed by atoms with Gasteiger partial charge in [-0.3, -0.25) is 4.72 Å². The third-order valence-corrected chi connectivity index (χ3v) is 6.09. The molecule has 0 amide bonds. The minimum Gasteiger partial charge on any atom is -0.255 e. The number of aromatic nitrogens is 1. The maximum Gasteiger partial charge on any atom is 0.263 e. The molecule has 25 heavy (non-hydrogen) atoms. The van der Waals surface area contributed by atoms with Gasteiger partial charge in [0.1, 0.15) is 0 Å². The molecule has 124 valence electrons. The van der Waals surface area contributed by atoms with Crippen LogP contribution >= 0.6 is 11.3 Å². The summed E-state index contributed by atoms with van der Waals surface area (Å²) in [5.41, 5.74) is 1.74. The average Bonchev–Trinajstić information content (AvgIpc) is 3.09. The molecule has 0 aliphatic carbocycles. The van der Waals surface area contributed by atoms with Crippen LogP contribution < -0.4 is 4.72 Å². The zero-order valence-electron chi connectivity index (χ0n) is 13.1. The first-order valence-corrected chi connectivity index (χ1v) is 10.0. The van der Waals surface area contributed by atoms with Crippen molar-refractivity contribution >= 4 is 37.3 Å². The summed E-state index contributed by atoms with van der Waals surface area (Å²) in [5, 5.41) is 4.43. The minimum atomic E-state index is -3.63. The lowest BCUT2D eigenvalue weighted by atomic mass is 10.0. The number of nitrogens with zero attached hydrogens (tertiary/aromatic N) is 1. The number of nitrogens with one attached hydrogen (secondary N) is 1. The van der Waals surface area contributed by atoms with E-state index >= 15 is 0 Å². The summed E-state index contributed by atoms with van der Waals surface area (Å²) in [6, 6.07) is 22.4. The van der Waals surface area contributed by atoms with Crippen LogP contribution in [0.2, 0.25) is 0 Å². The fraction of sp³-hybridized carbons (Fsp3) is 0. The smallest absolute Gasteiger partial charge is 0.255 e. The van der Waals surface area contributed by atoms with Gasteiger partial charge >= 0.3 is 0 Å². The lowest BCUT2D eigenvalue weighted by molar-refractivity contribution is 0.601. The summed E-state index contributed by atoms with van der Waals surface area (Å²) in [4.78, 5) is 4.69. The molecule has 0 aliphatic rings. The Labute approximate surface area is 149 Å². The van der Waals surface area contributed by atoms with Crippen molar-refractivity contribution in [2.75, 3.05) is 4.72 Å². The second-order valence-electron chi connectivity index (χ2n) is 5.48. The molecular formula is C19H14N2O2S2. The van der Waals surface area contributed by atoms with Crippen molar-refractivity contribution in [2.24, 2.45) is 0 Å². The number of sulfonamides is 1. The Balaban J connectivity index is 1.69. The molecule has 1 heterocycles. The summed E-state index contributed by atoms with van der Waals surface area (Å²) in [6.07, 6.45) is 0. The third kappa shape index (κ3) is 3.14. The van der Waals surface area contributed by atoms with Crippen molar-refractivity contribution in [1.29, 1.82) is 0 Å². The van der Waals surface area contributed by atoms with Crippen LogP contribution in [0, 0.1) is 0 Å². The van der Waals surface area contributed by atoms with E-state index in [1.807, 2.05) is 47.8 Å². The number of rotatable bonds is 4. The molecule has 0 aliphatic heterocycles. The van der Waals surface area contributed by atoms with Gasteiger partial charge in [0.15, 0.2) is 5.13 Å². The van der Waals surface area contributed by atoms with Crippen molar-refractivity contribution < 1.29 is 8.42 Å². The molecule has 6 heteroatoms. The van der Waals surface area contributed by atoms with Gasteiger partial charge in [-0.05, 0) is 22.9 Å². The SMILES string of the molecule is O=S(=O)(Nc1nc(-c2cccc3ccccc23)cs1)c1ccccc1. The number of benzene rings is 3. The predicted molar refractivity (Wildman–Crippen MR) is 102 cm³/mol. The van der Waals surface area contributed by atoms with Crippen LogP contribution in [0.5, 0.6) is 0 Å². The van der Waals surface area contributed by atoms with E-state index in [9.17, 15) is 8.42 Å². The average molecular weight is 366 g/mol. The Hall–Kier alpha value is -2.70. The fourth-order valence-corrected chi connectivity index (χ4v) is 4.65. The molecule has 0 atom stereocenters. The number of hydrogen-bond acceptors (Lipinski definition) is 4. The second kappa shape index (κ2) is 6.31. The van der Waals surface area contributed by atoms with Gasteiger partial charge < -0.3 is 0 Å². The Morgan fingerprint density at radius 1 is 0.840 bits per heavy atom. The standard InChI is InChI=1S/C19H14N2O2S2/c22-25(23,15-9-2-1-3-10-15)21-19-20-18(13-24-19)17-12-6-8-14-7-4-5-11-16(14)17/h1-13H,(H,20,21). The summed E-state index contributed by atoms with van der Waals surface area (Å²) >= 11 is 1.27. The lowest BCUT2D eigenvalue weighted by Gasteiger charge is -2.05. The Morgan fingerprint density at radius 2 is 1.56 bits per heavy atom. The topological polar surface area (TPSA) is 59.1 Å². The monoisotopic (exact) mass is 366 g/mol. The highest BCUT2D eigenvalue weighted by Gasteiger charge is 2.16. The molecule has 0 saturated heterocycles. The number of fused-ring (bicyclic) bond motifs is 1. The summed E-state index contributed by atoms with van der Waals surface area (Å²) in [6.45, 7) is 0. The second-order valence-corrected chi connectivity index (χ2v) is 8.02. The van der Waals surface area contributed by atoms with Gasteiger partial charge in [-0.25, -0.2) is 13.4 Å². The normalized spacial score (nSPS) is 11.5. The van der Waals surface area contributed by atoms with Crippen LogP contribution in [0.1, 0.15) is 0 Å². The summed E-state index contributed by atoms with van der Waals surface area (Å²) < 4.78 is 27.4. The molecule has 0 saturated carbocycles. The van der Waals surface area contributed by atoms with Crippen molar-refractivity contribution in [3.8, 4) is 11.3 Å². The van der Waals surface area contributed by atoms with Gasteiger partial charge in [-0.15, -0.1) is 11.3 Å². The summed E-state index contributed by atoms with van der Waals surface area (Å²) in [5.74, 6) is 0. The first kappa shape index (κ1) is 15.8. The van der Waals surface area contributed by atoms with Crippen molar-refractivity contribution in [1.82, 2.24) is 4.98 Å². The van der Waals surface area contributed by atoms with Crippen LogP contribution in [0.4, 0.5) is 5.13 Å². The highest BCUT2D eigenvalue weighted by molar-refractivity contribution is 7.93. The van der Waals surface area contributed by atoms with E-state index in [4.69, 9.17) is 0 Å². The van der Waals surface area contributed by atoms with Crippen LogP contribution in [0.15, 0.2) is 83.1 Å². The van der Waals surface area contributed by atoms with E-state index in [1.165, 1.54) is 11.3 Å². The zero-order valence-corrected chi connectivity index (χ0v) is 14.7. The molecule has 1 aromatic heterocycles. The van der Waals surface area contributed by atoms with Crippen LogP contribution in [-0.2, 0) is 10.0 Å². The first-order valence-electron chi connectivity index (χ1n) is 7.65. The van der Waals surface area contributed by atoms with Crippen molar-refractivity contribution in [3.63, 3.8) is 0 Å². The third-order valence-electron chi connectivity index (χ3n) is 3.84. The van der Waals surface area contributed by atoms with Crippen LogP contribution in [-0.4, -0.2) is 13.4 Å². The minimum absolute atomic E-state index is 0.219. The molecule has 0 bridgehead atoms. The fourth-order valence-electron chi connectivity index (χ4n) is 2.67. The number of hydrogen-bond donors (Lipinski definition) is 1. The van der Waals surface area contributed by atoms with E-state index < -0.39 is 10.0 Å². The Morgan fingerprint density at radius 3 is 2.40 bits per heavy atom. The van der Waals surface area contributed by atoms with Gasteiger partial charge in [-0.1, -0.05) is 60.7 Å². The molecule has 0 fully saturated rings. The number of thiazole rings is 1. The molecule has 3 aromatic carbocycles. The summed E-state index contributed by atoms with van der Waals surface area (Å²) in [7, 11) is -3.63. The van der Waals surface area contributed by atoms with Gasteiger partial charge in [0.25, 0.3) is 10.0 Å². The highest BCUT2D eigenvalue weighted by atomic mass is 32.2. The molecule has 1 N–H and O–H groups in total. The van der Waals surface area contributed by atoms with Crippen molar-refractivity contribution in [3.05, 3.63) is 78.2 Å². The molecule has 4 aromatic rings. The molecule has 0 radical (unpaired) electrons. The van der Waals surface area contributed by atoms with E-state index in [-0.39, 0.29) is 4.90 Å². The zero-order chi connectivity index (χ0) is 17.3. The van der Waals surface area contributed by atoms with E-state index in [0.29, 0.717) is 5.13 Å². The number of anilines is 1. The van der Waals surface area contributed by atoms with Crippen LogP contribution in [0.25, 0.3) is 22.0 Å². The van der Waals surface area contributed by atoms with Crippen molar-refractivity contribution in [2.45, 2.75) is 4.90 Å². The maximum atomic E-state index is 12.4. The van der Waals surface area contributed by atoms with Gasteiger partial charge in [0.2, 0.25) is 0 Å². The quantitative estimate of drug-likeness (QED) is 0.566. The highest BCUT2D eigenvalue weighted by Crippen LogP contribution is 2.31. The molecule has 0 unspecified atom stereocenters. The van der Waals surface area contributed by atoms with Gasteiger partial charge in [0, 0.05) is 10.9 Å². The van der Waals surface area contributed by atoms with Crippen LogP contribution in [0.3, 0.4) is 0 Å².